The lowest BCUT2D eigenvalue weighted by atomic mass is 9.87. The van der Waals surface area contributed by atoms with E-state index in [4.69, 9.17) is 0 Å². The Morgan fingerprint density at radius 1 is 1.10 bits per heavy atom. The number of hydrogen-bond acceptors (Lipinski definition) is 2. The third-order valence-corrected chi connectivity index (χ3v) is 4.76. The minimum Gasteiger partial charge on any atom is -0.312 e. The van der Waals surface area contributed by atoms with Crippen molar-refractivity contribution in [2.75, 3.05) is 19.6 Å². The van der Waals surface area contributed by atoms with Gasteiger partial charge >= 0.3 is 0 Å². The molecule has 0 aliphatic rings. The number of rotatable bonds is 8. The molecule has 3 heteroatoms. The van der Waals surface area contributed by atoms with Gasteiger partial charge in [-0.3, -0.25) is 4.90 Å². The van der Waals surface area contributed by atoms with Gasteiger partial charge < -0.3 is 5.32 Å². The predicted molar refractivity (Wildman–Crippen MR) is 92.3 cm³/mol. The molecule has 1 N–H and O–H groups in total. The van der Waals surface area contributed by atoms with Crippen LogP contribution in [0.5, 0.6) is 0 Å². The van der Waals surface area contributed by atoms with E-state index in [1.54, 1.807) is 0 Å². The highest BCUT2D eigenvalue weighted by molar-refractivity contribution is 9.10. The molecule has 0 bridgehead atoms. The summed E-state index contributed by atoms with van der Waals surface area (Å²) in [5, 5.41) is 3.68. The molecule has 2 nitrogen and oxygen atoms in total. The van der Waals surface area contributed by atoms with Crippen LogP contribution in [0, 0.1) is 0 Å². The van der Waals surface area contributed by atoms with Gasteiger partial charge in [0.05, 0.1) is 0 Å². The minimum atomic E-state index is 0.145. The van der Waals surface area contributed by atoms with E-state index in [-0.39, 0.29) is 5.54 Å². The fourth-order valence-corrected chi connectivity index (χ4v) is 3.20. The van der Waals surface area contributed by atoms with Crippen molar-refractivity contribution in [2.24, 2.45) is 0 Å². The van der Waals surface area contributed by atoms with E-state index in [1.807, 2.05) is 0 Å². The van der Waals surface area contributed by atoms with Crippen LogP contribution in [0.25, 0.3) is 0 Å². The third kappa shape index (κ3) is 4.57. The van der Waals surface area contributed by atoms with E-state index in [0.29, 0.717) is 6.04 Å². The maximum Gasteiger partial charge on any atom is 0.0309 e. The van der Waals surface area contributed by atoms with Gasteiger partial charge in [-0.05, 0) is 57.6 Å². The molecule has 0 heterocycles. The summed E-state index contributed by atoms with van der Waals surface area (Å²) in [6, 6.07) is 9.14. The topological polar surface area (TPSA) is 15.3 Å². The summed E-state index contributed by atoms with van der Waals surface area (Å²) >= 11 is 3.50. The van der Waals surface area contributed by atoms with E-state index in [1.165, 1.54) is 5.56 Å². The van der Waals surface area contributed by atoms with Crippen molar-refractivity contribution in [3.8, 4) is 0 Å². The molecule has 20 heavy (non-hydrogen) atoms. The molecule has 0 aliphatic heterocycles. The van der Waals surface area contributed by atoms with Crippen molar-refractivity contribution in [3.63, 3.8) is 0 Å². The molecule has 114 valence electrons. The first kappa shape index (κ1) is 17.7. The summed E-state index contributed by atoms with van der Waals surface area (Å²) in [4.78, 5) is 2.54. The summed E-state index contributed by atoms with van der Waals surface area (Å²) in [5.74, 6) is 0. The SMILES string of the molecule is CCNC(Cc1ccc(Br)cc1)C(C)(C)N(CC)CC. The van der Waals surface area contributed by atoms with Gasteiger partial charge in [0.2, 0.25) is 0 Å². The first-order valence-electron chi connectivity index (χ1n) is 7.68. The van der Waals surface area contributed by atoms with Crippen LogP contribution in [0.1, 0.15) is 40.2 Å². The van der Waals surface area contributed by atoms with Crippen LogP contribution in [0.3, 0.4) is 0 Å². The second-order valence-corrected chi connectivity index (χ2v) is 6.68. The second kappa shape index (κ2) is 8.16. The highest BCUT2D eigenvalue weighted by Gasteiger charge is 2.33. The Morgan fingerprint density at radius 3 is 2.10 bits per heavy atom. The number of likely N-dealkylation sites (N-methyl/N-ethyl adjacent to an activating group) is 2. The largest absolute Gasteiger partial charge is 0.312 e. The van der Waals surface area contributed by atoms with Gasteiger partial charge in [-0.1, -0.05) is 48.8 Å². The fourth-order valence-electron chi connectivity index (χ4n) is 2.93. The lowest BCUT2D eigenvalue weighted by molar-refractivity contribution is 0.0918. The number of nitrogens with zero attached hydrogens (tertiary/aromatic N) is 1. The average Bonchev–Trinajstić information content (AvgIpc) is 2.41. The van der Waals surface area contributed by atoms with Gasteiger partial charge in [0.1, 0.15) is 0 Å². The Balaban J connectivity index is 2.89. The highest BCUT2D eigenvalue weighted by Crippen LogP contribution is 2.22. The van der Waals surface area contributed by atoms with E-state index in [0.717, 1.165) is 30.5 Å². The summed E-state index contributed by atoms with van der Waals surface area (Å²) in [7, 11) is 0. The maximum absolute atomic E-state index is 3.68. The molecule has 0 saturated carbocycles. The van der Waals surface area contributed by atoms with E-state index >= 15 is 0 Å². The second-order valence-electron chi connectivity index (χ2n) is 5.77. The van der Waals surface area contributed by atoms with Gasteiger partial charge in [0.15, 0.2) is 0 Å². The molecule has 1 unspecified atom stereocenters. The van der Waals surface area contributed by atoms with Gasteiger partial charge in [-0.15, -0.1) is 0 Å². The Kier molecular flexibility index (Phi) is 7.21. The molecule has 1 atom stereocenters. The summed E-state index contributed by atoms with van der Waals surface area (Å²) in [6.07, 6.45) is 1.06. The van der Waals surface area contributed by atoms with Gasteiger partial charge in [0.25, 0.3) is 0 Å². The van der Waals surface area contributed by atoms with Gasteiger partial charge in [-0.2, -0.15) is 0 Å². The lowest BCUT2D eigenvalue weighted by Gasteiger charge is -2.44. The van der Waals surface area contributed by atoms with E-state index in [9.17, 15) is 0 Å². The first-order valence-corrected chi connectivity index (χ1v) is 8.47. The molecule has 0 fully saturated rings. The zero-order valence-corrected chi connectivity index (χ0v) is 15.1. The van der Waals surface area contributed by atoms with Gasteiger partial charge in [0, 0.05) is 16.1 Å². The zero-order chi connectivity index (χ0) is 15.2. The Bertz CT molecular complexity index is 382. The summed E-state index contributed by atoms with van der Waals surface area (Å²) < 4.78 is 1.14. The standard InChI is InChI=1S/C17H29BrN2/c1-6-19-16(17(4,5)20(7-2)8-3)13-14-9-11-15(18)12-10-14/h9-12,16,19H,6-8,13H2,1-5H3. The minimum absolute atomic E-state index is 0.145. The number of nitrogens with one attached hydrogen (secondary N) is 1. The molecule has 1 rings (SSSR count). The smallest absolute Gasteiger partial charge is 0.0309 e. The maximum atomic E-state index is 3.68. The van der Waals surface area contributed by atoms with Crippen molar-refractivity contribution in [1.82, 2.24) is 10.2 Å². The number of halogens is 1. The van der Waals surface area contributed by atoms with Crippen LogP contribution in [0.2, 0.25) is 0 Å². The van der Waals surface area contributed by atoms with Crippen LogP contribution < -0.4 is 5.32 Å². The fraction of sp³-hybridized carbons (Fsp3) is 0.647. The van der Waals surface area contributed by atoms with Crippen LogP contribution in [0.4, 0.5) is 0 Å². The van der Waals surface area contributed by atoms with Crippen molar-refractivity contribution >= 4 is 15.9 Å². The molecule has 0 saturated heterocycles. The molecular formula is C17H29BrN2. The monoisotopic (exact) mass is 340 g/mol. The Morgan fingerprint density at radius 2 is 1.65 bits per heavy atom. The summed E-state index contributed by atoms with van der Waals surface area (Å²) in [6.45, 7) is 14.6. The van der Waals surface area contributed by atoms with Crippen molar-refractivity contribution in [3.05, 3.63) is 34.3 Å². The first-order chi connectivity index (χ1) is 9.45. The highest BCUT2D eigenvalue weighted by atomic mass is 79.9. The van der Waals surface area contributed by atoms with Crippen molar-refractivity contribution < 1.29 is 0 Å². The van der Waals surface area contributed by atoms with Crippen LogP contribution in [0.15, 0.2) is 28.7 Å². The third-order valence-electron chi connectivity index (χ3n) is 4.23. The quantitative estimate of drug-likeness (QED) is 0.766. The van der Waals surface area contributed by atoms with Crippen LogP contribution in [-0.4, -0.2) is 36.1 Å². The van der Waals surface area contributed by atoms with Gasteiger partial charge in [-0.25, -0.2) is 0 Å². The number of hydrogen-bond donors (Lipinski definition) is 1. The lowest BCUT2D eigenvalue weighted by Crippen LogP contribution is -2.58. The molecule has 0 aliphatic carbocycles. The molecule has 0 radical (unpaired) electrons. The van der Waals surface area contributed by atoms with E-state index in [2.05, 4.69) is 85.0 Å². The molecule has 1 aromatic rings. The van der Waals surface area contributed by atoms with E-state index < -0.39 is 0 Å². The molecular weight excluding hydrogens is 312 g/mol. The average molecular weight is 341 g/mol. The number of benzene rings is 1. The normalized spacial score (nSPS) is 13.8. The molecule has 1 aromatic carbocycles. The molecule has 0 spiro atoms. The van der Waals surface area contributed by atoms with Crippen molar-refractivity contribution in [1.29, 1.82) is 0 Å². The molecule has 0 aromatic heterocycles. The molecule has 0 amide bonds. The van der Waals surface area contributed by atoms with Crippen LogP contribution in [-0.2, 0) is 6.42 Å². The predicted octanol–water partition coefficient (Wildman–Crippen LogP) is 4.09. The zero-order valence-electron chi connectivity index (χ0n) is 13.5. The van der Waals surface area contributed by atoms with Crippen LogP contribution >= 0.6 is 15.9 Å². The van der Waals surface area contributed by atoms with Crippen molar-refractivity contribution in [2.45, 2.75) is 52.6 Å². The summed E-state index contributed by atoms with van der Waals surface area (Å²) in [5.41, 5.74) is 1.53. The Labute approximate surface area is 133 Å². The Hall–Kier alpha value is -0.380.